The smallest absolute Gasteiger partial charge is 0.164 e. The summed E-state index contributed by atoms with van der Waals surface area (Å²) < 4.78 is 0. The highest BCUT2D eigenvalue weighted by atomic mass is 15.1. The van der Waals surface area contributed by atoms with Crippen molar-refractivity contribution in [3.05, 3.63) is 85.1 Å². The molecule has 3 aromatic carbocycles. The fraction of sp³-hybridized carbons (Fsp3) is 0. The highest BCUT2D eigenvalue weighted by Crippen LogP contribution is 2.36. The molecule has 2 aliphatic rings. The second-order valence-corrected chi connectivity index (χ2v) is 9.54. The van der Waals surface area contributed by atoms with Gasteiger partial charge in [0.1, 0.15) is 22.5 Å². The van der Waals surface area contributed by atoms with Crippen molar-refractivity contribution in [2.24, 2.45) is 0 Å². The Morgan fingerprint density at radius 3 is 1.35 bits per heavy atom. The van der Waals surface area contributed by atoms with E-state index in [1.54, 1.807) is 6.20 Å². The zero-order valence-electron chi connectivity index (χ0n) is 20.7. The van der Waals surface area contributed by atoms with Crippen molar-refractivity contribution in [1.82, 2.24) is 50.1 Å². The monoisotopic (exact) mass is 516 g/mol. The molecule has 10 nitrogen and oxygen atoms in total. The molecule has 40 heavy (non-hydrogen) atoms. The lowest BCUT2D eigenvalue weighted by Gasteiger charge is -1.96. The lowest BCUT2D eigenvalue weighted by atomic mass is 10.1. The Morgan fingerprint density at radius 2 is 0.825 bits per heavy atom. The molecule has 10 heteroatoms. The van der Waals surface area contributed by atoms with Crippen LogP contribution >= 0.6 is 0 Å². The lowest BCUT2D eigenvalue weighted by Crippen LogP contribution is -1.83. The Balaban J connectivity index is 1.51. The SMILES string of the molecule is c1ccc2c(c1)-c1nc-2nc2[nH]c(nc3nc(nc4[nH]c(n1)c1ccccc41)-c1ccccc1-3)c1nnccc21. The minimum absolute atomic E-state index is 0.511. The molecule has 6 heterocycles. The van der Waals surface area contributed by atoms with Gasteiger partial charge in [-0.25, -0.2) is 29.9 Å². The molecule has 0 aliphatic carbocycles. The van der Waals surface area contributed by atoms with Gasteiger partial charge < -0.3 is 9.97 Å². The Labute approximate surface area is 224 Å². The van der Waals surface area contributed by atoms with Gasteiger partial charge in [0.25, 0.3) is 0 Å². The Morgan fingerprint density at radius 1 is 0.400 bits per heavy atom. The maximum atomic E-state index is 4.99. The number of aromatic amines is 2. The number of nitrogens with one attached hydrogen (secondary N) is 2. The van der Waals surface area contributed by atoms with E-state index in [1.807, 2.05) is 78.9 Å². The third-order valence-corrected chi connectivity index (χ3v) is 7.22. The zero-order valence-corrected chi connectivity index (χ0v) is 20.7. The number of fused-ring (bicyclic) bond motifs is 20. The molecule has 0 atom stereocenters. The third kappa shape index (κ3) is 2.98. The lowest BCUT2D eigenvalue weighted by molar-refractivity contribution is 1.08. The van der Waals surface area contributed by atoms with Gasteiger partial charge in [-0.3, -0.25) is 0 Å². The molecule has 186 valence electrons. The van der Waals surface area contributed by atoms with E-state index in [1.165, 1.54) is 0 Å². The van der Waals surface area contributed by atoms with E-state index in [-0.39, 0.29) is 0 Å². The van der Waals surface area contributed by atoms with E-state index in [0.717, 1.165) is 38.4 Å². The van der Waals surface area contributed by atoms with Crippen LogP contribution in [0.15, 0.2) is 85.1 Å². The maximum absolute atomic E-state index is 4.99. The van der Waals surface area contributed by atoms with Crippen molar-refractivity contribution in [1.29, 1.82) is 0 Å². The predicted molar refractivity (Wildman–Crippen MR) is 152 cm³/mol. The fourth-order valence-electron chi connectivity index (χ4n) is 5.38. The minimum Gasteiger partial charge on any atom is -0.324 e. The first-order chi connectivity index (χ1) is 19.8. The Hall–Kier alpha value is -5.90. The first-order valence-corrected chi connectivity index (χ1v) is 12.7. The van der Waals surface area contributed by atoms with E-state index in [0.29, 0.717) is 51.4 Å². The van der Waals surface area contributed by atoms with Gasteiger partial charge >= 0.3 is 0 Å². The normalized spacial score (nSPS) is 12.0. The van der Waals surface area contributed by atoms with Crippen LogP contribution < -0.4 is 0 Å². The summed E-state index contributed by atoms with van der Waals surface area (Å²) in [6.07, 6.45) is 1.64. The standard InChI is InChI=1S/C30H16N10/c1-2-8-16-15(7-1)23-32-24(16)34-26-19-11-5-6-12-20(19)28(36-26)38-30-22-21(13-14-31-40-22)29(39-30)37-27-18-10-4-3-9-17(18)25(33-23)35-27/h1-14H,(H2,32,33,34,35,36,37,38,39). The molecule has 9 rings (SSSR count). The third-order valence-electron chi connectivity index (χ3n) is 7.22. The van der Waals surface area contributed by atoms with Crippen molar-refractivity contribution in [2.75, 3.05) is 0 Å². The van der Waals surface area contributed by atoms with Crippen molar-refractivity contribution < 1.29 is 0 Å². The molecule has 0 amide bonds. The van der Waals surface area contributed by atoms with Crippen LogP contribution in [0, 0.1) is 0 Å². The molecule has 8 bridgehead atoms. The van der Waals surface area contributed by atoms with Crippen LogP contribution in [0.5, 0.6) is 0 Å². The van der Waals surface area contributed by atoms with E-state index >= 15 is 0 Å². The average Bonchev–Trinajstić information content (AvgIpc) is 3.73. The number of H-pyrrole nitrogens is 2. The van der Waals surface area contributed by atoms with Gasteiger partial charge in [0, 0.05) is 33.0 Å². The molecule has 0 saturated carbocycles. The van der Waals surface area contributed by atoms with Crippen LogP contribution in [0.2, 0.25) is 0 Å². The number of benzene rings is 3. The van der Waals surface area contributed by atoms with Crippen LogP contribution in [0.1, 0.15) is 0 Å². The number of hydrogen-bond donors (Lipinski definition) is 2. The van der Waals surface area contributed by atoms with Crippen LogP contribution in [-0.4, -0.2) is 50.1 Å². The van der Waals surface area contributed by atoms with Crippen molar-refractivity contribution >= 4 is 44.3 Å². The second-order valence-electron chi connectivity index (χ2n) is 9.54. The molecule has 0 radical (unpaired) electrons. The molecule has 0 spiro atoms. The summed E-state index contributed by atoms with van der Waals surface area (Å²) in [5.74, 6) is 2.21. The molecule has 2 aliphatic heterocycles. The Kier molecular flexibility index (Phi) is 4.11. The van der Waals surface area contributed by atoms with Crippen molar-refractivity contribution in [3.8, 4) is 45.6 Å². The number of rotatable bonds is 0. The summed E-state index contributed by atoms with van der Waals surface area (Å²) in [4.78, 5) is 36.3. The zero-order chi connectivity index (χ0) is 26.2. The van der Waals surface area contributed by atoms with E-state index in [9.17, 15) is 0 Å². The van der Waals surface area contributed by atoms with Crippen molar-refractivity contribution in [3.63, 3.8) is 0 Å². The fourth-order valence-corrected chi connectivity index (χ4v) is 5.38. The molecule has 0 unspecified atom stereocenters. The van der Waals surface area contributed by atoms with Gasteiger partial charge in [-0.15, -0.1) is 5.10 Å². The molecular formula is C30H16N10. The number of aromatic nitrogens is 10. The topological polar surface area (TPSA) is 135 Å². The molecule has 7 aromatic rings. The van der Waals surface area contributed by atoms with Gasteiger partial charge in [-0.2, -0.15) is 5.10 Å². The Bertz CT molecular complexity index is 2030. The molecule has 2 N–H and O–H groups in total. The number of nitrogens with zero attached hydrogens (tertiary/aromatic N) is 8. The summed E-state index contributed by atoms with van der Waals surface area (Å²) in [5.41, 5.74) is 6.58. The first-order valence-electron chi connectivity index (χ1n) is 12.7. The van der Waals surface area contributed by atoms with Gasteiger partial charge in [0.15, 0.2) is 28.9 Å². The summed E-state index contributed by atoms with van der Waals surface area (Å²) in [6, 6.07) is 25.8. The molecule has 0 saturated heterocycles. The van der Waals surface area contributed by atoms with E-state index < -0.39 is 0 Å². The molecule has 0 fully saturated rings. The largest absolute Gasteiger partial charge is 0.324 e. The van der Waals surface area contributed by atoms with Gasteiger partial charge in [-0.1, -0.05) is 72.8 Å². The quantitative estimate of drug-likeness (QED) is 0.264. The van der Waals surface area contributed by atoms with Crippen LogP contribution in [0.3, 0.4) is 0 Å². The summed E-state index contributed by atoms with van der Waals surface area (Å²) in [6.45, 7) is 0. The predicted octanol–water partition coefficient (Wildman–Crippen LogP) is 5.66. The summed E-state index contributed by atoms with van der Waals surface area (Å²) in [5, 5.41) is 11.1. The van der Waals surface area contributed by atoms with Gasteiger partial charge in [0.2, 0.25) is 0 Å². The van der Waals surface area contributed by atoms with Crippen LogP contribution in [0.25, 0.3) is 89.8 Å². The van der Waals surface area contributed by atoms with Gasteiger partial charge in [0.05, 0.1) is 11.6 Å². The molecular weight excluding hydrogens is 500 g/mol. The summed E-state index contributed by atoms with van der Waals surface area (Å²) in [7, 11) is 0. The van der Waals surface area contributed by atoms with Gasteiger partial charge in [-0.05, 0) is 6.07 Å². The highest BCUT2D eigenvalue weighted by Gasteiger charge is 2.21. The van der Waals surface area contributed by atoms with Crippen LogP contribution in [0.4, 0.5) is 0 Å². The molecule has 4 aromatic heterocycles. The maximum Gasteiger partial charge on any atom is 0.164 e. The van der Waals surface area contributed by atoms with Crippen molar-refractivity contribution in [2.45, 2.75) is 0 Å². The average molecular weight is 517 g/mol. The second kappa shape index (κ2) is 7.81. The highest BCUT2D eigenvalue weighted by molar-refractivity contribution is 6.05. The summed E-state index contributed by atoms with van der Waals surface area (Å²) >= 11 is 0. The number of hydrogen-bond acceptors (Lipinski definition) is 8. The first kappa shape index (κ1) is 21.1. The van der Waals surface area contributed by atoms with E-state index in [4.69, 9.17) is 29.9 Å². The van der Waals surface area contributed by atoms with E-state index in [2.05, 4.69) is 20.2 Å². The minimum atomic E-state index is 0.511. The van der Waals surface area contributed by atoms with Crippen LogP contribution in [-0.2, 0) is 0 Å².